The lowest BCUT2D eigenvalue weighted by molar-refractivity contribution is -0.121. The molecule has 1 aromatic carbocycles. The Morgan fingerprint density at radius 3 is 2.86 bits per heavy atom. The number of rotatable bonds is 4. The van der Waals surface area contributed by atoms with E-state index in [9.17, 15) is 4.79 Å². The molecule has 3 rings (SSSR count). The molecule has 1 unspecified atom stereocenters. The van der Waals surface area contributed by atoms with E-state index in [4.69, 9.17) is 0 Å². The minimum Gasteiger partial charge on any atom is -0.326 e. The lowest BCUT2D eigenvalue weighted by Crippen LogP contribution is -2.48. The Hall–Kier alpha value is -1.85. The second-order valence-electron chi connectivity index (χ2n) is 5.20. The molecule has 1 amide bonds. The van der Waals surface area contributed by atoms with Gasteiger partial charge in [0.25, 0.3) is 0 Å². The molecule has 2 aromatic rings. The van der Waals surface area contributed by atoms with Crippen LogP contribution in [-0.2, 0) is 4.79 Å². The molecule has 1 aliphatic rings. The molecular formula is C15H19ClN4O. The summed E-state index contributed by atoms with van der Waals surface area (Å²) in [6, 6.07) is 9.58. The van der Waals surface area contributed by atoms with Crippen LogP contribution in [0, 0.1) is 11.8 Å². The average Bonchev–Trinajstić information content (AvgIpc) is 2.90. The highest BCUT2D eigenvalue weighted by molar-refractivity contribution is 5.92. The predicted octanol–water partition coefficient (Wildman–Crippen LogP) is 2.09. The maximum absolute atomic E-state index is 12.2. The van der Waals surface area contributed by atoms with Crippen LogP contribution in [0.3, 0.4) is 0 Å². The van der Waals surface area contributed by atoms with Crippen LogP contribution in [0.15, 0.2) is 42.7 Å². The van der Waals surface area contributed by atoms with E-state index in [0.717, 1.165) is 24.5 Å². The van der Waals surface area contributed by atoms with E-state index in [2.05, 4.69) is 15.7 Å². The highest BCUT2D eigenvalue weighted by atomic mass is 35.5. The molecule has 1 saturated heterocycles. The van der Waals surface area contributed by atoms with E-state index < -0.39 is 0 Å². The second kappa shape index (κ2) is 6.74. The summed E-state index contributed by atoms with van der Waals surface area (Å²) < 4.78 is 1.77. The van der Waals surface area contributed by atoms with E-state index in [1.807, 2.05) is 43.5 Å². The van der Waals surface area contributed by atoms with E-state index in [1.54, 1.807) is 10.9 Å². The standard InChI is InChI=1S/C15H18N4O.ClH/c1-11(12-9-16-10-12)15(20)18-13-4-2-5-14(8-13)19-7-3-6-17-19;/h2-8,11-12,16H,9-10H2,1H3,(H,18,20);1H. The molecule has 112 valence electrons. The van der Waals surface area contributed by atoms with Gasteiger partial charge in [0.2, 0.25) is 5.91 Å². The van der Waals surface area contributed by atoms with Gasteiger partial charge in [-0.1, -0.05) is 13.0 Å². The minimum atomic E-state index is 0. The fourth-order valence-electron chi connectivity index (χ4n) is 2.28. The summed E-state index contributed by atoms with van der Waals surface area (Å²) in [6.07, 6.45) is 3.61. The fraction of sp³-hybridized carbons (Fsp3) is 0.333. The fourth-order valence-corrected chi connectivity index (χ4v) is 2.28. The van der Waals surface area contributed by atoms with Crippen molar-refractivity contribution < 1.29 is 4.79 Å². The smallest absolute Gasteiger partial charge is 0.227 e. The third kappa shape index (κ3) is 3.43. The number of nitrogens with one attached hydrogen (secondary N) is 2. The van der Waals surface area contributed by atoms with Gasteiger partial charge in [0.1, 0.15) is 0 Å². The zero-order valence-corrected chi connectivity index (χ0v) is 12.6. The number of aromatic nitrogens is 2. The van der Waals surface area contributed by atoms with Crippen LogP contribution in [-0.4, -0.2) is 28.8 Å². The van der Waals surface area contributed by atoms with Crippen molar-refractivity contribution in [2.75, 3.05) is 18.4 Å². The number of benzene rings is 1. The number of nitrogens with zero attached hydrogens (tertiary/aromatic N) is 2. The molecule has 1 aromatic heterocycles. The number of halogens is 1. The molecule has 1 fully saturated rings. The van der Waals surface area contributed by atoms with Crippen molar-refractivity contribution in [1.82, 2.24) is 15.1 Å². The van der Waals surface area contributed by atoms with Crippen molar-refractivity contribution >= 4 is 24.0 Å². The monoisotopic (exact) mass is 306 g/mol. The van der Waals surface area contributed by atoms with Crippen LogP contribution in [0.1, 0.15) is 6.92 Å². The van der Waals surface area contributed by atoms with E-state index in [0.29, 0.717) is 5.92 Å². The molecule has 1 aliphatic heterocycles. The Morgan fingerprint density at radius 1 is 1.43 bits per heavy atom. The number of hydrogen-bond acceptors (Lipinski definition) is 3. The Kier molecular flexibility index (Phi) is 4.98. The molecule has 6 heteroatoms. The average molecular weight is 307 g/mol. The molecule has 0 bridgehead atoms. The van der Waals surface area contributed by atoms with Crippen LogP contribution in [0.25, 0.3) is 5.69 Å². The van der Waals surface area contributed by atoms with Crippen LogP contribution in [0.4, 0.5) is 5.69 Å². The molecule has 5 nitrogen and oxygen atoms in total. The third-order valence-corrected chi connectivity index (χ3v) is 3.82. The van der Waals surface area contributed by atoms with Crippen molar-refractivity contribution in [1.29, 1.82) is 0 Å². The molecule has 2 N–H and O–H groups in total. The summed E-state index contributed by atoms with van der Waals surface area (Å²) in [5, 5.41) is 10.4. The number of anilines is 1. The number of amides is 1. The highest BCUT2D eigenvalue weighted by Crippen LogP contribution is 2.19. The van der Waals surface area contributed by atoms with Crippen molar-refractivity contribution in [3.63, 3.8) is 0 Å². The first-order valence-electron chi connectivity index (χ1n) is 6.86. The second-order valence-corrected chi connectivity index (χ2v) is 5.20. The van der Waals surface area contributed by atoms with Gasteiger partial charge < -0.3 is 10.6 Å². The maximum Gasteiger partial charge on any atom is 0.227 e. The lowest BCUT2D eigenvalue weighted by Gasteiger charge is -2.31. The normalized spacial score (nSPS) is 15.7. The minimum absolute atomic E-state index is 0. The zero-order valence-electron chi connectivity index (χ0n) is 11.8. The van der Waals surface area contributed by atoms with Crippen molar-refractivity contribution in [2.45, 2.75) is 6.92 Å². The van der Waals surface area contributed by atoms with Gasteiger partial charge in [-0.2, -0.15) is 5.10 Å². The van der Waals surface area contributed by atoms with Gasteiger partial charge in [0, 0.05) is 24.0 Å². The van der Waals surface area contributed by atoms with E-state index in [-0.39, 0.29) is 24.2 Å². The summed E-state index contributed by atoms with van der Waals surface area (Å²) in [5.41, 5.74) is 1.74. The van der Waals surface area contributed by atoms with Crippen LogP contribution in [0.2, 0.25) is 0 Å². The third-order valence-electron chi connectivity index (χ3n) is 3.82. The van der Waals surface area contributed by atoms with Gasteiger partial charge in [-0.05, 0) is 43.3 Å². The van der Waals surface area contributed by atoms with Crippen LogP contribution >= 0.6 is 12.4 Å². The molecule has 0 radical (unpaired) electrons. The van der Waals surface area contributed by atoms with E-state index in [1.165, 1.54) is 0 Å². The predicted molar refractivity (Wildman–Crippen MR) is 85.0 cm³/mol. The highest BCUT2D eigenvalue weighted by Gasteiger charge is 2.28. The Balaban J connectivity index is 0.00000161. The first kappa shape index (κ1) is 15.5. The number of hydrogen-bond donors (Lipinski definition) is 2. The summed E-state index contributed by atoms with van der Waals surface area (Å²) in [7, 11) is 0. The van der Waals surface area contributed by atoms with Crippen molar-refractivity contribution in [3.8, 4) is 5.69 Å². The Bertz CT molecular complexity index is 595. The summed E-state index contributed by atoms with van der Waals surface area (Å²) in [4.78, 5) is 12.2. The van der Waals surface area contributed by atoms with Crippen molar-refractivity contribution in [3.05, 3.63) is 42.7 Å². The molecular weight excluding hydrogens is 288 g/mol. The van der Waals surface area contributed by atoms with E-state index >= 15 is 0 Å². The molecule has 2 heterocycles. The molecule has 1 atom stereocenters. The molecule has 0 saturated carbocycles. The Morgan fingerprint density at radius 2 is 2.24 bits per heavy atom. The maximum atomic E-state index is 12.2. The zero-order chi connectivity index (χ0) is 13.9. The van der Waals surface area contributed by atoms with Gasteiger partial charge in [-0.3, -0.25) is 4.79 Å². The molecule has 0 spiro atoms. The first-order valence-corrected chi connectivity index (χ1v) is 6.86. The number of carbonyl (C=O) groups is 1. The Labute approximate surface area is 130 Å². The molecule has 0 aliphatic carbocycles. The van der Waals surface area contributed by atoms with Gasteiger partial charge in [-0.15, -0.1) is 12.4 Å². The van der Waals surface area contributed by atoms with Gasteiger partial charge in [0.15, 0.2) is 0 Å². The van der Waals surface area contributed by atoms with Gasteiger partial charge >= 0.3 is 0 Å². The summed E-state index contributed by atoms with van der Waals surface area (Å²) in [5.74, 6) is 0.558. The topological polar surface area (TPSA) is 59.0 Å². The largest absolute Gasteiger partial charge is 0.326 e. The van der Waals surface area contributed by atoms with Gasteiger partial charge in [0.05, 0.1) is 5.69 Å². The quantitative estimate of drug-likeness (QED) is 0.909. The SMILES string of the molecule is CC(C(=O)Nc1cccc(-n2cccn2)c1)C1CNC1.Cl. The summed E-state index contributed by atoms with van der Waals surface area (Å²) >= 11 is 0. The van der Waals surface area contributed by atoms with Crippen LogP contribution < -0.4 is 10.6 Å². The molecule has 21 heavy (non-hydrogen) atoms. The number of carbonyl (C=O) groups excluding carboxylic acids is 1. The first-order chi connectivity index (χ1) is 9.74. The van der Waals surface area contributed by atoms with Gasteiger partial charge in [-0.25, -0.2) is 4.68 Å². The summed E-state index contributed by atoms with van der Waals surface area (Å²) in [6.45, 7) is 3.85. The van der Waals surface area contributed by atoms with Crippen LogP contribution in [0.5, 0.6) is 0 Å². The lowest BCUT2D eigenvalue weighted by atomic mass is 9.88. The van der Waals surface area contributed by atoms with Crippen molar-refractivity contribution in [2.24, 2.45) is 11.8 Å².